The Hall–Kier alpha value is -2.49. The van der Waals surface area contributed by atoms with E-state index in [1.165, 1.54) is 28.7 Å². The van der Waals surface area contributed by atoms with E-state index < -0.39 is 23.2 Å². The topological polar surface area (TPSA) is 63.8 Å². The van der Waals surface area contributed by atoms with Crippen molar-refractivity contribution in [2.24, 2.45) is 0 Å². The van der Waals surface area contributed by atoms with Gasteiger partial charge in [-0.25, -0.2) is 23.4 Å². The van der Waals surface area contributed by atoms with Crippen molar-refractivity contribution in [1.82, 2.24) is 19.7 Å². The second kappa shape index (κ2) is 8.33. The van der Waals surface area contributed by atoms with Crippen LogP contribution in [0.4, 0.5) is 8.78 Å². The molecule has 0 saturated heterocycles. The monoisotopic (exact) mass is 490 g/mol. The maximum Gasteiger partial charge on any atom is 0.137 e. The van der Waals surface area contributed by atoms with Crippen LogP contribution < -0.4 is 0 Å². The molecule has 9 heteroatoms. The number of thiazole rings is 1. The van der Waals surface area contributed by atoms with Gasteiger partial charge in [0, 0.05) is 26.9 Å². The average molecular weight is 491 g/mol. The van der Waals surface area contributed by atoms with Crippen molar-refractivity contribution in [3.8, 4) is 11.3 Å². The lowest BCUT2D eigenvalue weighted by Gasteiger charge is -2.33. The second-order valence-electron chi connectivity index (χ2n) is 6.94. The third-order valence-electron chi connectivity index (χ3n) is 5.01. The van der Waals surface area contributed by atoms with Gasteiger partial charge in [0.2, 0.25) is 0 Å². The zero-order valence-corrected chi connectivity index (χ0v) is 18.2. The number of hydrogen-bond acceptors (Lipinski definition) is 5. The van der Waals surface area contributed by atoms with Crippen molar-refractivity contribution >= 4 is 27.3 Å². The third-order valence-corrected chi connectivity index (χ3v) is 6.57. The minimum Gasteiger partial charge on any atom is -0.382 e. The van der Waals surface area contributed by atoms with Crippen LogP contribution in [0.3, 0.4) is 0 Å². The van der Waals surface area contributed by atoms with Crippen LogP contribution in [0.25, 0.3) is 11.3 Å². The van der Waals surface area contributed by atoms with Crippen molar-refractivity contribution < 1.29 is 13.9 Å². The van der Waals surface area contributed by atoms with Crippen molar-refractivity contribution in [2.75, 3.05) is 0 Å². The minimum atomic E-state index is -1.80. The number of rotatable bonds is 6. The third kappa shape index (κ3) is 4.05. The van der Waals surface area contributed by atoms with Gasteiger partial charge in [0.1, 0.15) is 29.9 Å². The number of aromatic nitrogens is 4. The number of hydrogen-bond donors (Lipinski definition) is 1. The molecule has 2 heterocycles. The molecule has 4 aromatic rings. The molecule has 0 spiro atoms. The van der Waals surface area contributed by atoms with Gasteiger partial charge in [0.15, 0.2) is 0 Å². The largest absolute Gasteiger partial charge is 0.382 e. The number of aliphatic hydroxyl groups is 1. The Morgan fingerprint density at radius 3 is 2.67 bits per heavy atom. The summed E-state index contributed by atoms with van der Waals surface area (Å²) in [5.74, 6) is -1.98. The van der Waals surface area contributed by atoms with E-state index in [0.29, 0.717) is 5.01 Å². The smallest absolute Gasteiger partial charge is 0.137 e. The number of benzene rings is 2. The average Bonchev–Trinajstić information content (AvgIpc) is 3.42. The standard InChI is InChI=1S/C21H17BrF2N4OS/c1-13(20-27-19(9-30-20)14-2-4-15(22)5-3-14)21(29,10-28-12-25-11-26-28)17-8-16(23)6-7-18(17)24/h2-9,11-13,29H,10H2,1H3/t13-,21+/m0/s1. The lowest BCUT2D eigenvalue weighted by Crippen LogP contribution is -2.38. The van der Waals surface area contributed by atoms with Gasteiger partial charge >= 0.3 is 0 Å². The van der Waals surface area contributed by atoms with Crippen LogP contribution >= 0.6 is 27.3 Å². The quantitative estimate of drug-likeness (QED) is 0.406. The minimum absolute atomic E-state index is 0.109. The highest BCUT2D eigenvalue weighted by atomic mass is 79.9. The summed E-state index contributed by atoms with van der Waals surface area (Å²) in [6.07, 6.45) is 2.74. The molecule has 0 unspecified atom stereocenters. The summed E-state index contributed by atoms with van der Waals surface area (Å²) in [5, 5.41) is 18.2. The SMILES string of the molecule is C[C@@H](c1nc(-c2ccc(Br)cc2)cs1)[C@](O)(Cn1cncn1)c1cc(F)ccc1F. The summed E-state index contributed by atoms with van der Waals surface area (Å²) in [6, 6.07) is 10.8. The van der Waals surface area contributed by atoms with Gasteiger partial charge in [-0.15, -0.1) is 11.3 Å². The van der Waals surface area contributed by atoms with Crippen molar-refractivity contribution in [1.29, 1.82) is 0 Å². The van der Waals surface area contributed by atoms with Crippen LogP contribution in [-0.4, -0.2) is 24.9 Å². The zero-order chi connectivity index (χ0) is 21.3. The second-order valence-corrected chi connectivity index (χ2v) is 8.75. The van der Waals surface area contributed by atoms with Crippen LogP contribution in [0.15, 0.2) is 65.0 Å². The molecule has 0 fully saturated rings. The van der Waals surface area contributed by atoms with Crippen LogP contribution in [0.2, 0.25) is 0 Å². The van der Waals surface area contributed by atoms with Gasteiger partial charge in [0.25, 0.3) is 0 Å². The molecular formula is C21H17BrF2N4OS. The fourth-order valence-electron chi connectivity index (χ4n) is 3.29. The predicted octanol–water partition coefficient (Wildman–Crippen LogP) is 5.13. The fourth-order valence-corrected chi connectivity index (χ4v) is 4.53. The highest BCUT2D eigenvalue weighted by Crippen LogP contribution is 2.41. The molecule has 0 saturated carbocycles. The maximum absolute atomic E-state index is 14.7. The normalized spacial score (nSPS) is 14.4. The maximum atomic E-state index is 14.7. The van der Waals surface area contributed by atoms with E-state index in [0.717, 1.165) is 33.9 Å². The summed E-state index contributed by atoms with van der Waals surface area (Å²) >= 11 is 4.77. The molecule has 0 amide bonds. The van der Waals surface area contributed by atoms with Crippen LogP contribution in [0.1, 0.15) is 23.4 Å². The van der Waals surface area contributed by atoms with Crippen molar-refractivity contribution in [3.05, 3.63) is 87.2 Å². The van der Waals surface area contributed by atoms with E-state index in [-0.39, 0.29) is 12.1 Å². The highest BCUT2D eigenvalue weighted by Gasteiger charge is 2.41. The first-order valence-corrected chi connectivity index (χ1v) is 10.8. The Labute approximate surface area is 184 Å². The first kappa shape index (κ1) is 20.8. The molecule has 0 aliphatic carbocycles. The Bertz CT molecular complexity index is 1150. The molecule has 30 heavy (non-hydrogen) atoms. The number of nitrogens with zero attached hydrogens (tertiary/aromatic N) is 4. The first-order chi connectivity index (χ1) is 14.4. The lowest BCUT2D eigenvalue weighted by molar-refractivity contribution is -0.0114. The molecule has 0 bridgehead atoms. The lowest BCUT2D eigenvalue weighted by atomic mass is 9.82. The molecule has 2 aromatic carbocycles. The first-order valence-electron chi connectivity index (χ1n) is 9.08. The van der Waals surface area contributed by atoms with E-state index in [1.54, 1.807) is 6.92 Å². The molecule has 0 radical (unpaired) electrons. The van der Waals surface area contributed by atoms with E-state index in [4.69, 9.17) is 0 Å². The van der Waals surface area contributed by atoms with Crippen LogP contribution in [0, 0.1) is 11.6 Å². The Kier molecular flexibility index (Phi) is 5.77. The van der Waals surface area contributed by atoms with Gasteiger partial charge in [-0.05, 0) is 30.3 Å². The summed E-state index contributed by atoms with van der Waals surface area (Å²) in [7, 11) is 0. The van der Waals surface area contributed by atoms with Crippen molar-refractivity contribution in [3.63, 3.8) is 0 Å². The summed E-state index contributed by atoms with van der Waals surface area (Å²) < 4.78 is 31.0. The molecule has 2 atom stereocenters. The van der Waals surface area contributed by atoms with E-state index in [9.17, 15) is 13.9 Å². The number of halogens is 3. The van der Waals surface area contributed by atoms with E-state index in [2.05, 4.69) is 31.0 Å². The summed E-state index contributed by atoms with van der Waals surface area (Å²) in [4.78, 5) is 8.54. The molecule has 0 aliphatic rings. The van der Waals surface area contributed by atoms with Crippen LogP contribution in [-0.2, 0) is 12.1 Å². The molecule has 154 valence electrons. The Morgan fingerprint density at radius 2 is 1.97 bits per heavy atom. The molecule has 2 aromatic heterocycles. The van der Waals surface area contributed by atoms with E-state index in [1.807, 2.05) is 29.6 Å². The Morgan fingerprint density at radius 1 is 1.20 bits per heavy atom. The molecule has 5 nitrogen and oxygen atoms in total. The molecule has 0 aliphatic heterocycles. The van der Waals surface area contributed by atoms with Crippen molar-refractivity contribution in [2.45, 2.75) is 25.0 Å². The zero-order valence-electron chi connectivity index (χ0n) is 15.8. The molecule has 4 rings (SSSR count). The van der Waals surface area contributed by atoms with E-state index >= 15 is 0 Å². The fraction of sp³-hybridized carbons (Fsp3) is 0.190. The van der Waals surface area contributed by atoms with Gasteiger partial charge < -0.3 is 5.11 Å². The van der Waals surface area contributed by atoms with Gasteiger partial charge in [-0.1, -0.05) is 35.0 Å². The highest BCUT2D eigenvalue weighted by molar-refractivity contribution is 9.10. The predicted molar refractivity (Wildman–Crippen MR) is 114 cm³/mol. The summed E-state index contributed by atoms with van der Waals surface area (Å²) in [6.45, 7) is 1.63. The van der Waals surface area contributed by atoms with Gasteiger partial charge in [-0.2, -0.15) is 5.10 Å². The molecule has 1 N–H and O–H groups in total. The molecular weight excluding hydrogens is 474 g/mol. The summed E-state index contributed by atoms with van der Waals surface area (Å²) in [5.41, 5.74) is -0.276. The van der Waals surface area contributed by atoms with Crippen LogP contribution in [0.5, 0.6) is 0 Å². The van der Waals surface area contributed by atoms with Gasteiger partial charge in [0.05, 0.1) is 17.2 Å². The van der Waals surface area contributed by atoms with Gasteiger partial charge in [-0.3, -0.25) is 0 Å². The Balaban J connectivity index is 1.75.